The van der Waals surface area contributed by atoms with Crippen molar-refractivity contribution in [1.82, 2.24) is 4.72 Å². The summed E-state index contributed by atoms with van der Waals surface area (Å²) < 4.78 is 46.5. The molecule has 0 unspecified atom stereocenters. The minimum absolute atomic E-state index is 0.0188. The topological polar surface area (TPSA) is 94.2 Å². The molecule has 2 aromatic rings. The van der Waals surface area contributed by atoms with Gasteiger partial charge < -0.3 is 19.1 Å². The maximum atomic E-state index is 13.3. The molecule has 1 amide bonds. The van der Waals surface area contributed by atoms with Gasteiger partial charge in [0, 0.05) is 30.8 Å². The molecule has 44 heavy (non-hydrogen) atoms. The van der Waals surface area contributed by atoms with Crippen molar-refractivity contribution in [3.63, 3.8) is 0 Å². The van der Waals surface area contributed by atoms with Crippen molar-refractivity contribution < 1.29 is 27.4 Å². The highest BCUT2D eigenvalue weighted by Crippen LogP contribution is 2.42. The first-order chi connectivity index (χ1) is 21.1. The molecule has 0 spiro atoms. The van der Waals surface area contributed by atoms with Gasteiger partial charge in [-0.1, -0.05) is 43.7 Å². The Morgan fingerprint density at radius 2 is 1.89 bits per heavy atom. The van der Waals surface area contributed by atoms with E-state index in [1.54, 1.807) is 25.3 Å². The molecule has 0 radical (unpaired) electrons. The first kappa shape index (κ1) is 32.8. The standard InChI is InChI=1S/C34H45ClN2O6S/c1-23-7-13-32(42-17-16-41-3)30-12-9-27(30)20-37-15-5-4-6-25-18-29(35)11-8-28(25)21-43-33-14-10-26(19-31(33)37)34(38)36-44(39,40)22-24(23)2/h7-8,10-11,13-14,18-19,23-24,27,30,32H,4-6,9,12,15-17,20-22H2,1-3H3,(H,36,38)/b13-7+/t23-,24+,27-,30+,32-/m0/s1. The van der Waals surface area contributed by atoms with Gasteiger partial charge in [-0.2, -0.15) is 0 Å². The van der Waals surface area contributed by atoms with Crippen molar-refractivity contribution in [2.24, 2.45) is 23.7 Å². The molecule has 2 bridgehead atoms. The van der Waals surface area contributed by atoms with Crippen LogP contribution >= 0.6 is 11.6 Å². The number of hydrogen-bond acceptors (Lipinski definition) is 7. The van der Waals surface area contributed by atoms with Gasteiger partial charge in [0.2, 0.25) is 10.0 Å². The van der Waals surface area contributed by atoms with Gasteiger partial charge in [0.15, 0.2) is 0 Å². The lowest BCUT2D eigenvalue weighted by atomic mass is 9.70. The first-order valence-electron chi connectivity index (χ1n) is 15.8. The molecule has 8 nitrogen and oxygen atoms in total. The lowest BCUT2D eigenvalue weighted by Crippen LogP contribution is -2.44. The minimum Gasteiger partial charge on any atom is -0.487 e. The average Bonchev–Trinajstić information content (AvgIpc) is 3.00. The van der Waals surface area contributed by atoms with Gasteiger partial charge >= 0.3 is 0 Å². The normalized spacial score (nSPS) is 28.2. The molecule has 2 aromatic carbocycles. The highest BCUT2D eigenvalue weighted by atomic mass is 35.5. The van der Waals surface area contributed by atoms with Crippen molar-refractivity contribution >= 4 is 33.2 Å². The Morgan fingerprint density at radius 1 is 1.05 bits per heavy atom. The zero-order chi connectivity index (χ0) is 31.3. The summed E-state index contributed by atoms with van der Waals surface area (Å²) in [7, 11) is -2.20. The summed E-state index contributed by atoms with van der Waals surface area (Å²) in [5.74, 6) is 0.374. The summed E-state index contributed by atoms with van der Waals surface area (Å²) in [6.07, 6.45) is 9.07. The number of rotatable bonds is 4. The number of nitrogens with zero attached hydrogens (tertiary/aromatic N) is 1. The summed E-state index contributed by atoms with van der Waals surface area (Å²) in [4.78, 5) is 15.6. The molecule has 10 heteroatoms. The van der Waals surface area contributed by atoms with E-state index in [1.807, 2.05) is 32.0 Å². The second kappa shape index (κ2) is 14.7. The lowest BCUT2D eigenvalue weighted by molar-refractivity contribution is -0.0309. The van der Waals surface area contributed by atoms with E-state index in [-0.39, 0.29) is 23.7 Å². The smallest absolute Gasteiger partial charge is 0.264 e. The van der Waals surface area contributed by atoms with E-state index in [2.05, 4.69) is 21.8 Å². The van der Waals surface area contributed by atoms with E-state index in [4.69, 9.17) is 25.8 Å². The molecular weight excluding hydrogens is 600 g/mol. The Kier molecular flexibility index (Phi) is 10.9. The molecule has 3 aliphatic rings. The van der Waals surface area contributed by atoms with Crippen LogP contribution in [-0.2, 0) is 32.5 Å². The van der Waals surface area contributed by atoms with E-state index in [0.29, 0.717) is 48.0 Å². The molecule has 1 aliphatic carbocycles. The molecule has 2 aliphatic heterocycles. The van der Waals surface area contributed by atoms with Crippen LogP contribution < -0.4 is 14.4 Å². The van der Waals surface area contributed by atoms with Gasteiger partial charge in [-0.25, -0.2) is 13.1 Å². The molecule has 5 atom stereocenters. The molecule has 0 saturated heterocycles. The molecule has 0 aromatic heterocycles. The number of anilines is 1. The number of amides is 1. The fourth-order valence-corrected chi connectivity index (χ4v) is 8.09. The van der Waals surface area contributed by atoms with Crippen molar-refractivity contribution in [2.75, 3.05) is 44.1 Å². The number of carbonyl (C=O) groups is 1. The zero-order valence-corrected chi connectivity index (χ0v) is 27.5. The van der Waals surface area contributed by atoms with Gasteiger partial charge in [-0.05, 0) is 97.2 Å². The predicted molar refractivity (Wildman–Crippen MR) is 174 cm³/mol. The molecule has 240 valence electrons. The minimum atomic E-state index is -3.87. The van der Waals surface area contributed by atoms with Gasteiger partial charge in [0.1, 0.15) is 12.4 Å². The highest BCUT2D eigenvalue weighted by Gasteiger charge is 2.38. The van der Waals surface area contributed by atoms with Gasteiger partial charge in [0.05, 0.1) is 30.8 Å². The number of benzene rings is 2. The molecule has 1 saturated carbocycles. The van der Waals surface area contributed by atoms with Crippen LogP contribution in [0.5, 0.6) is 5.75 Å². The Labute approximate surface area is 267 Å². The Balaban J connectivity index is 1.52. The average molecular weight is 645 g/mol. The fourth-order valence-electron chi connectivity index (χ4n) is 6.42. The van der Waals surface area contributed by atoms with Crippen LogP contribution in [0.25, 0.3) is 0 Å². The quantitative estimate of drug-likeness (QED) is 0.321. The number of methoxy groups -OCH3 is 1. The number of hydrogen-bond donors (Lipinski definition) is 1. The third-order valence-electron chi connectivity index (χ3n) is 9.42. The zero-order valence-electron chi connectivity index (χ0n) is 26.0. The van der Waals surface area contributed by atoms with Crippen LogP contribution in [0.4, 0.5) is 5.69 Å². The number of fused-ring (bicyclic) bond motifs is 3. The third kappa shape index (κ3) is 8.16. The third-order valence-corrected chi connectivity index (χ3v) is 11.1. The van der Waals surface area contributed by atoms with Gasteiger partial charge in [-0.15, -0.1) is 0 Å². The van der Waals surface area contributed by atoms with Crippen LogP contribution in [0.1, 0.15) is 61.0 Å². The highest BCUT2D eigenvalue weighted by molar-refractivity contribution is 7.90. The van der Waals surface area contributed by atoms with Crippen LogP contribution in [0.2, 0.25) is 5.02 Å². The monoisotopic (exact) mass is 644 g/mol. The number of carbonyl (C=O) groups excluding carboxylic acids is 1. The van der Waals surface area contributed by atoms with Crippen LogP contribution in [-0.4, -0.2) is 59.6 Å². The van der Waals surface area contributed by atoms with Crippen molar-refractivity contribution in [3.8, 4) is 5.75 Å². The number of sulfonamides is 1. The Bertz CT molecular complexity index is 1450. The first-order valence-corrected chi connectivity index (χ1v) is 17.8. The molecular formula is C34H45ClN2O6S. The number of aryl methyl sites for hydroxylation is 1. The Morgan fingerprint density at radius 3 is 2.66 bits per heavy atom. The van der Waals surface area contributed by atoms with Crippen molar-refractivity contribution in [1.29, 1.82) is 0 Å². The number of ether oxygens (including phenoxy) is 3. The lowest BCUT2D eigenvalue weighted by Gasteiger charge is -2.44. The fraction of sp³-hybridized carbons (Fsp3) is 0.559. The second-order valence-electron chi connectivity index (χ2n) is 12.6. The maximum Gasteiger partial charge on any atom is 0.264 e. The molecule has 1 N–H and O–H groups in total. The SMILES string of the molecule is COCCO[C@H]1/C=C/[C@H](C)[C@H](C)CS(=O)(=O)NC(=O)c2ccc3c(c2)N(CCCCc2cc(Cl)ccc2CO3)C[C@@H]2CC[C@H]21. The van der Waals surface area contributed by atoms with Crippen LogP contribution in [0.3, 0.4) is 0 Å². The van der Waals surface area contributed by atoms with E-state index in [1.165, 1.54) is 5.56 Å². The summed E-state index contributed by atoms with van der Waals surface area (Å²) in [5, 5.41) is 0.714. The Hall–Kier alpha value is -2.59. The van der Waals surface area contributed by atoms with E-state index in [0.717, 1.165) is 56.4 Å². The van der Waals surface area contributed by atoms with Crippen molar-refractivity contribution in [3.05, 3.63) is 70.3 Å². The number of halogens is 1. The summed E-state index contributed by atoms with van der Waals surface area (Å²) in [5.41, 5.74) is 3.37. The second-order valence-corrected chi connectivity index (χ2v) is 14.8. The maximum absolute atomic E-state index is 13.3. The van der Waals surface area contributed by atoms with E-state index < -0.39 is 15.9 Å². The summed E-state index contributed by atoms with van der Waals surface area (Å²) in [6, 6.07) is 11.2. The predicted octanol–water partition coefficient (Wildman–Crippen LogP) is 6.02. The number of nitrogens with one attached hydrogen (secondary N) is 1. The summed E-state index contributed by atoms with van der Waals surface area (Å²) in [6.45, 7) is 6.85. The van der Waals surface area contributed by atoms with Crippen LogP contribution in [0.15, 0.2) is 48.6 Å². The van der Waals surface area contributed by atoms with Crippen LogP contribution in [0, 0.1) is 23.7 Å². The van der Waals surface area contributed by atoms with Gasteiger partial charge in [0.25, 0.3) is 5.91 Å². The van der Waals surface area contributed by atoms with Crippen molar-refractivity contribution in [2.45, 2.75) is 58.7 Å². The summed E-state index contributed by atoms with van der Waals surface area (Å²) >= 11 is 6.33. The van der Waals surface area contributed by atoms with Gasteiger partial charge in [-0.3, -0.25) is 4.79 Å². The molecule has 5 rings (SSSR count). The molecule has 1 fully saturated rings. The van der Waals surface area contributed by atoms with E-state index >= 15 is 0 Å². The number of allylic oxidation sites excluding steroid dienone is 1. The van der Waals surface area contributed by atoms with E-state index in [9.17, 15) is 13.2 Å². The largest absolute Gasteiger partial charge is 0.487 e. The molecule has 2 heterocycles.